The second kappa shape index (κ2) is 10.2. The Hall–Kier alpha value is -2.86. The van der Waals surface area contributed by atoms with Crippen LogP contribution in [0.15, 0.2) is 48.5 Å². The van der Waals surface area contributed by atoms with Crippen LogP contribution in [0.5, 0.6) is 0 Å². The van der Waals surface area contributed by atoms with Crippen LogP contribution in [0, 0.1) is 5.92 Å². The summed E-state index contributed by atoms with van der Waals surface area (Å²) < 4.78 is 0. The van der Waals surface area contributed by atoms with Crippen molar-refractivity contribution in [1.82, 2.24) is 10.2 Å². The molecule has 32 heavy (non-hydrogen) atoms. The highest BCUT2D eigenvalue weighted by Crippen LogP contribution is 2.22. The third kappa shape index (κ3) is 5.49. The van der Waals surface area contributed by atoms with E-state index in [0.29, 0.717) is 41.0 Å². The number of likely N-dealkylation sites (tertiary alicyclic amines) is 1. The van der Waals surface area contributed by atoms with Gasteiger partial charge in [0.05, 0.1) is 5.92 Å². The molecule has 2 aromatic rings. The predicted molar refractivity (Wildman–Crippen MR) is 125 cm³/mol. The number of carbonyl (C=O) groups is 3. The summed E-state index contributed by atoms with van der Waals surface area (Å²) in [6.07, 6.45) is 6.11. The summed E-state index contributed by atoms with van der Waals surface area (Å²) in [6, 6.07) is 13.8. The number of anilines is 1. The highest BCUT2D eigenvalue weighted by Gasteiger charge is 2.30. The van der Waals surface area contributed by atoms with Crippen LogP contribution in [0.1, 0.15) is 59.2 Å². The number of halogens is 1. The Kier molecular flexibility index (Phi) is 7.10. The molecule has 4 rings (SSSR count). The summed E-state index contributed by atoms with van der Waals surface area (Å²) in [5.74, 6) is -0.396. The van der Waals surface area contributed by atoms with Crippen molar-refractivity contribution in [2.45, 2.75) is 44.6 Å². The summed E-state index contributed by atoms with van der Waals surface area (Å²) >= 11 is 5.86. The molecule has 1 saturated carbocycles. The van der Waals surface area contributed by atoms with Crippen LogP contribution in [0.3, 0.4) is 0 Å². The Morgan fingerprint density at radius 2 is 1.50 bits per heavy atom. The molecule has 1 unspecified atom stereocenters. The van der Waals surface area contributed by atoms with E-state index in [4.69, 9.17) is 11.6 Å². The number of nitrogens with one attached hydrogen (secondary N) is 2. The van der Waals surface area contributed by atoms with Crippen LogP contribution >= 0.6 is 11.6 Å². The molecular formula is C25H28ClN3O3. The summed E-state index contributed by atoms with van der Waals surface area (Å²) in [5.41, 5.74) is 1.66. The first kappa shape index (κ1) is 22.3. The first-order valence-corrected chi connectivity index (χ1v) is 11.6. The fraction of sp³-hybridized carbons (Fsp3) is 0.400. The number of nitrogens with zero attached hydrogens (tertiary/aromatic N) is 1. The van der Waals surface area contributed by atoms with E-state index in [2.05, 4.69) is 10.6 Å². The van der Waals surface area contributed by atoms with E-state index >= 15 is 0 Å². The number of hydrogen-bond acceptors (Lipinski definition) is 3. The van der Waals surface area contributed by atoms with E-state index in [1.54, 1.807) is 53.4 Å². The second-order valence-electron chi connectivity index (χ2n) is 8.62. The van der Waals surface area contributed by atoms with Gasteiger partial charge in [-0.25, -0.2) is 0 Å². The maximum Gasteiger partial charge on any atom is 0.255 e. The van der Waals surface area contributed by atoms with Crippen LogP contribution in [0.2, 0.25) is 5.02 Å². The molecule has 1 atom stereocenters. The van der Waals surface area contributed by atoms with Crippen LogP contribution in [-0.2, 0) is 4.79 Å². The zero-order valence-electron chi connectivity index (χ0n) is 18.0. The van der Waals surface area contributed by atoms with Gasteiger partial charge in [-0.15, -0.1) is 0 Å². The first-order chi connectivity index (χ1) is 15.5. The Morgan fingerprint density at radius 1 is 0.844 bits per heavy atom. The molecule has 0 spiro atoms. The maximum absolute atomic E-state index is 13.0. The van der Waals surface area contributed by atoms with Gasteiger partial charge in [-0.05, 0) is 74.2 Å². The van der Waals surface area contributed by atoms with E-state index in [-0.39, 0.29) is 23.6 Å². The fourth-order valence-electron chi connectivity index (χ4n) is 4.45. The zero-order chi connectivity index (χ0) is 22.5. The van der Waals surface area contributed by atoms with Crippen LogP contribution < -0.4 is 10.6 Å². The third-order valence-corrected chi connectivity index (χ3v) is 6.53. The minimum atomic E-state index is -0.243. The number of piperidine rings is 1. The third-order valence-electron chi connectivity index (χ3n) is 6.28. The predicted octanol–water partition coefficient (Wildman–Crippen LogP) is 4.50. The van der Waals surface area contributed by atoms with E-state index in [1.807, 2.05) is 0 Å². The lowest BCUT2D eigenvalue weighted by Crippen LogP contribution is -2.47. The Bertz CT molecular complexity index is 969. The van der Waals surface area contributed by atoms with Crippen molar-refractivity contribution in [2.75, 3.05) is 18.4 Å². The van der Waals surface area contributed by atoms with E-state index in [1.165, 1.54) is 12.8 Å². The molecular weight excluding hydrogens is 426 g/mol. The van der Waals surface area contributed by atoms with Crippen LogP contribution in [0.25, 0.3) is 0 Å². The molecule has 0 aromatic heterocycles. The molecule has 1 saturated heterocycles. The van der Waals surface area contributed by atoms with Gasteiger partial charge in [-0.1, -0.05) is 24.4 Å². The molecule has 1 heterocycles. The van der Waals surface area contributed by atoms with Gasteiger partial charge in [0.1, 0.15) is 0 Å². The highest BCUT2D eigenvalue weighted by atomic mass is 35.5. The minimum absolute atomic E-state index is 0.0784. The smallest absolute Gasteiger partial charge is 0.255 e. The number of hydrogen-bond donors (Lipinski definition) is 2. The number of amides is 3. The Morgan fingerprint density at radius 3 is 2.19 bits per heavy atom. The molecule has 168 valence electrons. The minimum Gasteiger partial charge on any atom is -0.353 e. The van der Waals surface area contributed by atoms with Crippen molar-refractivity contribution < 1.29 is 14.4 Å². The quantitative estimate of drug-likeness (QED) is 0.699. The van der Waals surface area contributed by atoms with Crippen molar-refractivity contribution >= 4 is 35.0 Å². The van der Waals surface area contributed by atoms with Gasteiger partial charge < -0.3 is 15.5 Å². The van der Waals surface area contributed by atoms with Gasteiger partial charge in [-0.2, -0.15) is 0 Å². The molecule has 3 amide bonds. The topological polar surface area (TPSA) is 78.5 Å². The zero-order valence-corrected chi connectivity index (χ0v) is 18.7. The number of rotatable bonds is 5. The Balaban J connectivity index is 1.33. The van der Waals surface area contributed by atoms with Gasteiger partial charge in [0.2, 0.25) is 5.91 Å². The fourth-order valence-corrected chi connectivity index (χ4v) is 4.57. The van der Waals surface area contributed by atoms with Gasteiger partial charge in [-0.3, -0.25) is 14.4 Å². The molecule has 2 aliphatic rings. The van der Waals surface area contributed by atoms with Gasteiger partial charge >= 0.3 is 0 Å². The van der Waals surface area contributed by atoms with Crippen molar-refractivity contribution in [3.8, 4) is 0 Å². The van der Waals surface area contributed by atoms with Crippen molar-refractivity contribution in [1.29, 1.82) is 0 Å². The number of benzene rings is 2. The lowest BCUT2D eigenvalue weighted by atomic mass is 9.96. The molecule has 2 N–H and O–H groups in total. The lowest BCUT2D eigenvalue weighted by molar-refractivity contribution is -0.127. The lowest BCUT2D eigenvalue weighted by Gasteiger charge is -2.32. The normalized spacial score (nSPS) is 18.9. The van der Waals surface area contributed by atoms with Gasteiger partial charge in [0, 0.05) is 41.0 Å². The van der Waals surface area contributed by atoms with Crippen molar-refractivity contribution in [3.05, 3.63) is 64.7 Å². The Labute approximate surface area is 193 Å². The van der Waals surface area contributed by atoms with Crippen LogP contribution in [0.4, 0.5) is 5.69 Å². The van der Waals surface area contributed by atoms with E-state index < -0.39 is 0 Å². The van der Waals surface area contributed by atoms with Gasteiger partial charge in [0.15, 0.2) is 0 Å². The molecule has 1 aliphatic carbocycles. The van der Waals surface area contributed by atoms with E-state index in [0.717, 1.165) is 25.7 Å². The average molecular weight is 454 g/mol. The largest absolute Gasteiger partial charge is 0.353 e. The summed E-state index contributed by atoms with van der Waals surface area (Å²) in [6.45, 7) is 1.10. The molecule has 1 aliphatic heterocycles. The van der Waals surface area contributed by atoms with Gasteiger partial charge in [0.25, 0.3) is 11.8 Å². The molecule has 0 radical (unpaired) electrons. The molecule has 2 aromatic carbocycles. The average Bonchev–Trinajstić information content (AvgIpc) is 3.32. The molecule has 7 heteroatoms. The van der Waals surface area contributed by atoms with Crippen LogP contribution in [-0.4, -0.2) is 41.8 Å². The first-order valence-electron chi connectivity index (χ1n) is 11.3. The molecule has 6 nitrogen and oxygen atoms in total. The summed E-state index contributed by atoms with van der Waals surface area (Å²) in [5, 5.41) is 6.56. The highest BCUT2D eigenvalue weighted by molar-refractivity contribution is 6.30. The number of carbonyl (C=O) groups excluding carboxylic acids is 3. The molecule has 2 fully saturated rings. The summed E-state index contributed by atoms with van der Waals surface area (Å²) in [4.78, 5) is 39.8. The standard InChI is InChI=1S/C25H28ClN3O3/c26-20-11-7-17(8-12-20)23(30)28-22-13-9-18(10-14-22)25(32)29-15-3-4-19(16-29)24(31)27-21-5-1-2-6-21/h7-14,19,21H,1-6,15-16H2,(H,27,31)(H,28,30). The maximum atomic E-state index is 13.0. The van der Waals surface area contributed by atoms with Crippen molar-refractivity contribution in [2.24, 2.45) is 5.92 Å². The second-order valence-corrected chi connectivity index (χ2v) is 9.06. The summed E-state index contributed by atoms with van der Waals surface area (Å²) in [7, 11) is 0. The molecule has 0 bridgehead atoms. The van der Waals surface area contributed by atoms with E-state index in [9.17, 15) is 14.4 Å². The monoisotopic (exact) mass is 453 g/mol. The SMILES string of the molecule is O=C(Nc1ccc(C(=O)N2CCCC(C(=O)NC3CCCC3)C2)cc1)c1ccc(Cl)cc1. The van der Waals surface area contributed by atoms with Crippen molar-refractivity contribution in [3.63, 3.8) is 0 Å².